The van der Waals surface area contributed by atoms with Gasteiger partial charge in [-0.2, -0.15) is 5.10 Å². The molecule has 28 heavy (non-hydrogen) atoms. The third kappa shape index (κ3) is 4.67. The Hall–Kier alpha value is -2.05. The summed E-state index contributed by atoms with van der Waals surface area (Å²) in [4.78, 5) is 27.7. The number of hydrogen-bond acceptors (Lipinski definition) is 3. The number of likely N-dealkylation sites (tertiary alicyclic amines) is 1. The van der Waals surface area contributed by atoms with E-state index in [4.69, 9.17) is 23.2 Å². The first kappa shape index (κ1) is 20.7. The highest BCUT2D eigenvalue weighted by molar-refractivity contribution is 6.36. The number of benzene rings is 1. The molecule has 2 atom stereocenters. The summed E-state index contributed by atoms with van der Waals surface area (Å²) in [7, 11) is 0. The topological polar surface area (TPSA) is 67.2 Å². The van der Waals surface area contributed by atoms with Gasteiger partial charge < -0.3 is 10.2 Å². The maximum Gasteiger partial charge on any atom is 0.253 e. The summed E-state index contributed by atoms with van der Waals surface area (Å²) < 4.78 is 1.90. The molecule has 1 saturated heterocycles. The lowest BCUT2D eigenvalue weighted by Crippen LogP contribution is -2.53. The first-order valence-electron chi connectivity index (χ1n) is 9.40. The molecule has 2 aromatic rings. The van der Waals surface area contributed by atoms with Gasteiger partial charge in [-0.05, 0) is 43.0 Å². The summed E-state index contributed by atoms with van der Waals surface area (Å²) in [6.45, 7) is 5.10. The lowest BCUT2D eigenvalue weighted by Gasteiger charge is -2.36. The fourth-order valence-electron chi connectivity index (χ4n) is 3.47. The molecule has 1 aromatic carbocycles. The first-order chi connectivity index (χ1) is 13.4. The van der Waals surface area contributed by atoms with Crippen LogP contribution in [-0.4, -0.2) is 45.6 Å². The van der Waals surface area contributed by atoms with E-state index in [1.54, 1.807) is 18.3 Å². The quantitative estimate of drug-likeness (QED) is 0.796. The van der Waals surface area contributed by atoms with Crippen LogP contribution < -0.4 is 5.32 Å². The Kier molecular flexibility index (Phi) is 6.62. The molecule has 2 heterocycles. The second-order valence-electron chi connectivity index (χ2n) is 7.39. The van der Waals surface area contributed by atoms with Crippen molar-refractivity contribution in [3.8, 4) is 0 Å². The van der Waals surface area contributed by atoms with Crippen LogP contribution in [0.3, 0.4) is 0 Å². The number of nitrogens with one attached hydrogen (secondary N) is 1. The Balaban J connectivity index is 1.72. The molecule has 3 rings (SSSR count). The van der Waals surface area contributed by atoms with Crippen LogP contribution in [0.4, 0.5) is 0 Å². The molecule has 1 fully saturated rings. The van der Waals surface area contributed by atoms with Crippen LogP contribution in [0.1, 0.15) is 43.1 Å². The molecule has 0 spiro atoms. The number of carbonyl (C=O) groups is 2. The van der Waals surface area contributed by atoms with Crippen LogP contribution in [0, 0.1) is 5.92 Å². The van der Waals surface area contributed by atoms with Gasteiger partial charge in [-0.15, -0.1) is 0 Å². The molecule has 8 heteroatoms. The summed E-state index contributed by atoms with van der Waals surface area (Å²) in [5.41, 5.74) is 0.303. The fourth-order valence-corrected chi connectivity index (χ4v) is 3.96. The highest BCUT2D eigenvalue weighted by atomic mass is 35.5. The molecule has 0 aliphatic carbocycles. The maximum absolute atomic E-state index is 13.2. The maximum atomic E-state index is 13.2. The van der Waals surface area contributed by atoms with Crippen molar-refractivity contribution < 1.29 is 9.59 Å². The lowest BCUT2D eigenvalue weighted by atomic mass is 9.99. The van der Waals surface area contributed by atoms with Crippen molar-refractivity contribution in [1.82, 2.24) is 20.0 Å². The van der Waals surface area contributed by atoms with Gasteiger partial charge in [0.15, 0.2) is 0 Å². The van der Waals surface area contributed by atoms with Gasteiger partial charge in [-0.3, -0.25) is 14.3 Å². The van der Waals surface area contributed by atoms with Gasteiger partial charge in [0.25, 0.3) is 5.91 Å². The normalized spacial score (nSPS) is 18.2. The van der Waals surface area contributed by atoms with Crippen LogP contribution >= 0.6 is 23.2 Å². The van der Waals surface area contributed by atoms with E-state index in [1.165, 1.54) is 6.07 Å². The van der Waals surface area contributed by atoms with E-state index in [0.717, 1.165) is 12.8 Å². The van der Waals surface area contributed by atoms with Gasteiger partial charge in [-0.25, -0.2) is 0 Å². The predicted molar refractivity (Wildman–Crippen MR) is 110 cm³/mol. The van der Waals surface area contributed by atoms with Crippen LogP contribution in [0.25, 0.3) is 0 Å². The predicted octanol–water partition coefficient (Wildman–Crippen LogP) is 3.81. The Bertz CT molecular complexity index is 839. The van der Waals surface area contributed by atoms with Crippen molar-refractivity contribution in [1.29, 1.82) is 0 Å². The Labute approximate surface area is 174 Å². The van der Waals surface area contributed by atoms with E-state index in [9.17, 15) is 9.59 Å². The fraction of sp³-hybridized carbons (Fsp3) is 0.450. The van der Waals surface area contributed by atoms with Gasteiger partial charge in [0, 0.05) is 30.5 Å². The van der Waals surface area contributed by atoms with Crippen molar-refractivity contribution in [3.05, 3.63) is 52.3 Å². The van der Waals surface area contributed by atoms with E-state index in [-0.39, 0.29) is 28.8 Å². The van der Waals surface area contributed by atoms with E-state index < -0.39 is 6.04 Å². The molecule has 1 aliphatic rings. The highest BCUT2D eigenvalue weighted by Gasteiger charge is 2.32. The van der Waals surface area contributed by atoms with E-state index in [2.05, 4.69) is 10.4 Å². The molecule has 0 bridgehead atoms. The third-order valence-corrected chi connectivity index (χ3v) is 5.55. The highest BCUT2D eigenvalue weighted by Crippen LogP contribution is 2.24. The number of aromatic nitrogens is 2. The zero-order chi connectivity index (χ0) is 20.3. The monoisotopic (exact) mass is 422 g/mol. The summed E-state index contributed by atoms with van der Waals surface area (Å²) >= 11 is 12.0. The summed E-state index contributed by atoms with van der Waals surface area (Å²) in [6, 6.07) is 6.10. The van der Waals surface area contributed by atoms with Crippen molar-refractivity contribution >= 4 is 35.0 Å². The average Bonchev–Trinajstić information content (AvgIpc) is 3.20. The number of hydrogen-bond donors (Lipinski definition) is 1. The molecule has 0 radical (unpaired) electrons. The lowest BCUT2D eigenvalue weighted by molar-refractivity contribution is -0.136. The SMILES string of the molecule is CC(C)C(NC(=O)c1ccc(Cl)cc1Cl)C(=O)N1CCCC(n2cccn2)C1. The van der Waals surface area contributed by atoms with Crippen LogP contribution in [-0.2, 0) is 4.79 Å². The molecular weight excluding hydrogens is 399 g/mol. The first-order valence-corrected chi connectivity index (χ1v) is 10.2. The number of amides is 2. The molecule has 6 nitrogen and oxygen atoms in total. The molecule has 0 saturated carbocycles. The molecule has 2 amide bonds. The minimum absolute atomic E-state index is 0.0624. The van der Waals surface area contributed by atoms with E-state index in [0.29, 0.717) is 23.7 Å². The smallest absolute Gasteiger partial charge is 0.253 e. The molecule has 1 N–H and O–H groups in total. The number of rotatable bonds is 5. The Morgan fingerprint density at radius 1 is 1.29 bits per heavy atom. The zero-order valence-corrected chi connectivity index (χ0v) is 17.5. The van der Waals surface area contributed by atoms with Crippen molar-refractivity contribution in [3.63, 3.8) is 0 Å². The van der Waals surface area contributed by atoms with Crippen molar-refractivity contribution in [2.75, 3.05) is 13.1 Å². The number of halogens is 2. The van der Waals surface area contributed by atoms with Gasteiger partial charge in [-0.1, -0.05) is 37.0 Å². The Morgan fingerprint density at radius 2 is 2.07 bits per heavy atom. The van der Waals surface area contributed by atoms with Crippen LogP contribution in [0.15, 0.2) is 36.7 Å². The second kappa shape index (κ2) is 8.97. The third-order valence-electron chi connectivity index (χ3n) is 5.00. The number of piperidine rings is 1. The van der Waals surface area contributed by atoms with Gasteiger partial charge >= 0.3 is 0 Å². The van der Waals surface area contributed by atoms with Crippen LogP contribution in [0.5, 0.6) is 0 Å². The average molecular weight is 423 g/mol. The number of carbonyl (C=O) groups excluding carboxylic acids is 2. The molecular formula is C20H24Cl2N4O2. The van der Waals surface area contributed by atoms with Crippen molar-refractivity contribution in [2.24, 2.45) is 5.92 Å². The molecule has 1 aliphatic heterocycles. The largest absolute Gasteiger partial charge is 0.340 e. The minimum atomic E-state index is -0.629. The minimum Gasteiger partial charge on any atom is -0.340 e. The van der Waals surface area contributed by atoms with Gasteiger partial charge in [0.1, 0.15) is 6.04 Å². The standard InChI is InChI=1S/C20H24Cl2N4O2/c1-13(2)18(24-19(27)16-7-6-14(21)11-17(16)22)20(28)25-9-3-5-15(12-25)26-10-4-8-23-26/h4,6-8,10-11,13,15,18H,3,5,9,12H2,1-2H3,(H,24,27). The van der Waals surface area contributed by atoms with E-state index in [1.807, 2.05) is 35.7 Å². The summed E-state index contributed by atoms with van der Waals surface area (Å²) in [5, 5.41) is 7.88. The van der Waals surface area contributed by atoms with Gasteiger partial charge in [0.2, 0.25) is 5.91 Å². The van der Waals surface area contributed by atoms with Crippen molar-refractivity contribution in [2.45, 2.75) is 38.8 Å². The molecule has 1 aromatic heterocycles. The summed E-state index contributed by atoms with van der Waals surface area (Å²) in [5.74, 6) is -0.521. The molecule has 2 unspecified atom stereocenters. The summed E-state index contributed by atoms with van der Waals surface area (Å²) in [6.07, 6.45) is 5.54. The van der Waals surface area contributed by atoms with E-state index >= 15 is 0 Å². The second-order valence-corrected chi connectivity index (χ2v) is 8.23. The Morgan fingerprint density at radius 3 is 2.71 bits per heavy atom. The zero-order valence-electron chi connectivity index (χ0n) is 15.9. The van der Waals surface area contributed by atoms with Gasteiger partial charge in [0.05, 0.1) is 16.6 Å². The number of nitrogens with zero attached hydrogens (tertiary/aromatic N) is 3. The molecule has 150 valence electrons. The van der Waals surface area contributed by atoms with Crippen LogP contribution in [0.2, 0.25) is 10.0 Å².